The number of aliphatic carboxylic acids is 1. The van der Waals surface area contributed by atoms with Crippen LogP contribution >= 0.6 is 0 Å². The van der Waals surface area contributed by atoms with Gasteiger partial charge >= 0.3 is 5.97 Å². The molecule has 2 saturated carbocycles. The van der Waals surface area contributed by atoms with Crippen LogP contribution in [0.2, 0.25) is 0 Å². The molecule has 2 aliphatic rings. The van der Waals surface area contributed by atoms with Gasteiger partial charge in [0.2, 0.25) is 0 Å². The monoisotopic (exact) mass is 250 g/mol. The molecule has 2 aliphatic carbocycles. The summed E-state index contributed by atoms with van der Waals surface area (Å²) in [4.78, 5) is 23.6. The summed E-state index contributed by atoms with van der Waals surface area (Å²) in [6, 6.07) is 0. The summed E-state index contributed by atoms with van der Waals surface area (Å²) in [5.41, 5.74) is 0.454. The summed E-state index contributed by atoms with van der Waals surface area (Å²) >= 11 is 0. The Morgan fingerprint density at radius 2 is 2.11 bits per heavy atom. The average Bonchev–Trinajstić information content (AvgIpc) is 2.59. The van der Waals surface area contributed by atoms with Gasteiger partial charge in [0.05, 0.1) is 5.92 Å². The Morgan fingerprint density at radius 1 is 1.50 bits per heavy atom. The Balaban J connectivity index is 2.41. The maximum atomic E-state index is 12.5. The van der Waals surface area contributed by atoms with Gasteiger partial charge in [-0.1, -0.05) is 33.8 Å². The van der Waals surface area contributed by atoms with Crippen LogP contribution in [-0.2, 0) is 9.59 Å². The summed E-state index contributed by atoms with van der Waals surface area (Å²) in [5, 5.41) is 9.13. The molecule has 3 atom stereocenters. The number of carboxylic acids is 1. The van der Waals surface area contributed by atoms with Crippen LogP contribution in [0.5, 0.6) is 0 Å². The molecular weight excluding hydrogens is 228 g/mol. The summed E-state index contributed by atoms with van der Waals surface area (Å²) < 4.78 is 0. The maximum Gasteiger partial charge on any atom is 0.310 e. The molecule has 0 aromatic carbocycles. The van der Waals surface area contributed by atoms with Crippen molar-refractivity contribution in [2.24, 2.45) is 22.7 Å². The van der Waals surface area contributed by atoms with Crippen molar-refractivity contribution < 1.29 is 14.7 Å². The minimum atomic E-state index is -0.830. The third-order valence-corrected chi connectivity index (χ3v) is 5.50. The lowest BCUT2D eigenvalue weighted by Crippen LogP contribution is -2.32. The predicted molar refractivity (Wildman–Crippen MR) is 69.1 cm³/mol. The van der Waals surface area contributed by atoms with Crippen LogP contribution < -0.4 is 0 Å². The lowest BCUT2D eigenvalue weighted by Gasteiger charge is -2.31. The first-order valence-corrected chi connectivity index (χ1v) is 6.75. The summed E-state index contributed by atoms with van der Waals surface area (Å²) in [6.07, 6.45) is 4.21. The molecule has 2 rings (SSSR count). The standard InChI is InChI=1S/C15H22O3/c1-5-9(13(17)18)8-10-11-6-7-15(4,12(10)16)14(11,2)3/h8-9,11H,5-7H2,1-4H3,(H,17,18)/b10-8+/t9-,11-,15+/m1/s1. The van der Waals surface area contributed by atoms with Gasteiger partial charge in [-0.3, -0.25) is 9.59 Å². The van der Waals surface area contributed by atoms with Crippen LogP contribution in [0.3, 0.4) is 0 Å². The quantitative estimate of drug-likeness (QED) is 0.783. The Bertz CT molecular complexity index is 433. The fourth-order valence-corrected chi connectivity index (χ4v) is 3.70. The number of allylic oxidation sites excluding steroid dienone is 1. The van der Waals surface area contributed by atoms with Gasteiger partial charge in [-0.15, -0.1) is 0 Å². The van der Waals surface area contributed by atoms with Gasteiger partial charge in [0.25, 0.3) is 0 Å². The molecule has 0 radical (unpaired) electrons. The molecule has 3 nitrogen and oxygen atoms in total. The SMILES string of the molecule is CC[C@H](/C=C1/C(=O)[C@]2(C)CC[C@H]1C2(C)C)C(=O)O. The van der Waals surface area contributed by atoms with Gasteiger partial charge in [-0.25, -0.2) is 0 Å². The third kappa shape index (κ3) is 1.49. The summed E-state index contributed by atoms with van der Waals surface area (Å²) in [6.45, 7) is 8.18. The van der Waals surface area contributed by atoms with E-state index in [-0.39, 0.29) is 22.5 Å². The number of ketones is 1. The number of carbonyl (C=O) groups excluding carboxylic acids is 1. The van der Waals surface area contributed by atoms with E-state index in [4.69, 9.17) is 5.11 Å². The number of fused-ring (bicyclic) bond motifs is 2. The molecule has 0 heterocycles. The zero-order valence-corrected chi connectivity index (χ0v) is 11.6. The van der Waals surface area contributed by atoms with Gasteiger partial charge in [0, 0.05) is 5.41 Å². The molecule has 100 valence electrons. The molecule has 0 aliphatic heterocycles. The summed E-state index contributed by atoms with van der Waals surface area (Å²) in [7, 11) is 0. The van der Waals surface area contributed by atoms with Crippen molar-refractivity contribution in [1.82, 2.24) is 0 Å². The topological polar surface area (TPSA) is 54.4 Å². The average molecular weight is 250 g/mol. The van der Waals surface area contributed by atoms with Gasteiger partial charge in [0.1, 0.15) is 0 Å². The van der Waals surface area contributed by atoms with Crippen molar-refractivity contribution in [1.29, 1.82) is 0 Å². The second kappa shape index (κ2) is 3.94. The van der Waals surface area contributed by atoms with Crippen molar-refractivity contribution >= 4 is 11.8 Å². The number of hydrogen-bond donors (Lipinski definition) is 1. The van der Waals surface area contributed by atoms with Crippen LogP contribution in [0.1, 0.15) is 47.0 Å². The van der Waals surface area contributed by atoms with E-state index in [2.05, 4.69) is 13.8 Å². The van der Waals surface area contributed by atoms with E-state index in [1.165, 1.54) is 0 Å². The second-order valence-electron chi connectivity index (χ2n) is 6.45. The molecule has 0 saturated heterocycles. The Hall–Kier alpha value is -1.12. The van der Waals surface area contributed by atoms with Gasteiger partial charge in [-0.05, 0) is 36.2 Å². The molecule has 2 fully saturated rings. The number of hydrogen-bond acceptors (Lipinski definition) is 2. The number of Topliss-reactive ketones (excluding diaryl/α,β-unsaturated/α-hetero) is 1. The van der Waals surface area contributed by atoms with E-state index in [1.54, 1.807) is 6.08 Å². The van der Waals surface area contributed by atoms with Gasteiger partial charge in [0.15, 0.2) is 5.78 Å². The molecule has 0 aromatic heterocycles. The van der Waals surface area contributed by atoms with Crippen LogP contribution in [-0.4, -0.2) is 16.9 Å². The zero-order chi connectivity index (χ0) is 13.7. The van der Waals surface area contributed by atoms with E-state index in [0.717, 1.165) is 18.4 Å². The van der Waals surface area contributed by atoms with E-state index in [0.29, 0.717) is 6.42 Å². The Kier molecular flexibility index (Phi) is 2.91. The normalized spacial score (nSPS) is 37.2. The van der Waals surface area contributed by atoms with Crippen LogP contribution in [0.15, 0.2) is 11.6 Å². The molecule has 0 unspecified atom stereocenters. The minimum absolute atomic E-state index is 0.0350. The van der Waals surface area contributed by atoms with E-state index in [1.807, 2.05) is 13.8 Å². The van der Waals surface area contributed by atoms with Crippen molar-refractivity contribution in [3.8, 4) is 0 Å². The van der Waals surface area contributed by atoms with Crippen LogP contribution in [0, 0.1) is 22.7 Å². The minimum Gasteiger partial charge on any atom is -0.481 e. The van der Waals surface area contributed by atoms with Gasteiger partial charge < -0.3 is 5.11 Å². The zero-order valence-electron chi connectivity index (χ0n) is 11.6. The first kappa shape index (κ1) is 13.3. The maximum absolute atomic E-state index is 12.5. The predicted octanol–water partition coefficient (Wildman–Crippen LogP) is 3.05. The molecular formula is C15H22O3. The highest BCUT2D eigenvalue weighted by atomic mass is 16.4. The smallest absolute Gasteiger partial charge is 0.310 e. The molecule has 3 heteroatoms. The second-order valence-corrected chi connectivity index (χ2v) is 6.45. The number of carbonyl (C=O) groups is 2. The molecule has 2 bridgehead atoms. The van der Waals surface area contributed by atoms with Crippen molar-refractivity contribution in [2.75, 3.05) is 0 Å². The highest BCUT2D eigenvalue weighted by molar-refractivity contribution is 6.05. The largest absolute Gasteiger partial charge is 0.481 e. The number of carboxylic acid groups (broad SMARTS) is 1. The molecule has 0 aromatic rings. The first-order chi connectivity index (χ1) is 8.25. The Labute approximate surface area is 108 Å². The Morgan fingerprint density at radius 3 is 2.50 bits per heavy atom. The fraction of sp³-hybridized carbons (Fsp3) is 0.733. The highest BCUT2D eigenvalue weighted by Crippen LogP contribution is 2.65. The number of rotatable bonds is 3. The molecule has 0 amide bonds. The van der Waals surface area contributed by atoms with Crippen molar-refractivity contribution in [2.45, 2.75) is 47.0 Å². The molecule has 0 spiro atoms. The van der Waals surface area contributed by atoms with Crippen molar-refractivity contribution in [3.05, 3.63) is 11.6 Å². The molecule has 1 N–H and O–H groups in total. The highest BCUT2D eigenvalue weighted by Gasteiger charge is 2.63. The first-order valence-electron chi connectivity index (χ1n) is 6.75. The van der Waals surface area contributed by atoms with Gasteiger partial charge in [-0.2, -0.15) is 0 Å². The fourth-order valence-electron chi connectivity index (χ4n) is 3.70. The lowest BCUT2D eigenvalue weighted by molar-refractivity contribution is -0.140. The third-order valence-electron chi connectivity index (χ3n) is 5.50. The van der Waals surface area contributed by atoms with E-state index < -0.39 is 11.9 Å². The van der Waals surface area contributed by atoms with E-state index >= 15 is 0 Å². The van der Waals surface area contributed by atoms with Crippen LogP contribution in [0.4, 0.5) is 0 Å². The molecule has 18 heavy (non-hydrogen) atoms. The van der Waals surface area contributed by atoms with Crippen molar-refractivity contribution in [3.63, 3.8) is 0 Å². The summed E-state index contributed by atoms with van der Waals surface area (Å²) in [5.74, 6) is -0.932. The lowest BCUT2D eigenvalue weighted by atomic mass is 9.70. The van der Waals surface area contributed by atoms with E-state index in [9.17, 15) is 9.59 Å². The van der Waals surface area contributed by atoms with Crippen LogP contribution in [0.25, 0.3) is 0 Å².